The fourth-order valence-electron chi connectivity index (χ4n) is 1.62. The first-order valence-electron chi connectivity index (χ1n) is 6.30. The van der Waals surface area contributed by atoms with Crippen LogP contribution in [0.1, 0.15) is 12.5 Å². The zero-order valence-corrected chi connectivity index (χ0v) is 12.8. The molecule has 0 aliphatic rings. The maximum absolute atomic E-state index is 11.9. The van der Waals surface area contributed by atoms with Crippen molar-refractivity contribution in [2.45, 2.75) is 26.0 Å². The monoisotopic (exact) mass is 315 g/mol. The maximum Gasteiger partial charge on any atom is 0.328 e. The van der Waals surface area contributed by atoms with Crippen molar-refractivity contribution >= 4 is 23.5 Å². The number of aliphatic carboxylic acids is 1. The number of benzene rings is 1. The van der Waals surface area contributed by atoms with Crippen LogP contribution < -0.4 is 10.1 Å². The molecule has 1 amide bonds. The Morgan fingerprint density at radius 2 is 2.10 bits per heavy atom. The molecular formula is C14H18ClNO5. The number of hydrogen-bond acceptors (Lipinski definition) is 4. The van der Waals surface area contributed by atoms with Gasteiger partial charge in [-0.05, 0) is 37.6 Å². The van der Waals surface area contributed by atoms with Gasteiger partial charge in [0.1, 0.15) is 5.75 Å². The number of hydrogen-bond donors (Lipinski definition) is 2. The number of nitrogens with one attached hydrogen (secondary N) is 1. The summed E-state index contributed by atoms with van der Waals surface area (Å²) in [7, 11) is 1.36. The summed E-state index contributed by atoms with van der Waals surface area (Å²) in [5, 5.41) is 11.9. The van der Waals surface area contributed by atoms with Crippen molar-refractivity contribution in [2.24, 2.45) is 0 Å². The first-order valence-corrected chi connectivity index (χ1v) is 6.68. The van der Waals surface area contributed by atoms with Crippen LogP contribution >= 0.6 is 11.6 Å². The molecule has 21 heavy (non-hydrogen) atoms. The fourth-order valence-corrected chi connectivity index (χ4v) is 1.85. The Morgan fingerprint density at radius 1 is 1.43 bits per heavy atom. The van der Waals surface area contributed by atoms with Gasteiger partial charge in [-0.25, -0.2) is 4.79 Å². The topological polar surface area (TPSA) is 84.9 Å². The van der Waals surface area contributed by atoms with Crippen LogP contribution in [0, 0.1) is 6.92 Å². The quantitative estimate of drug-likeness (QED) is 0.799. The van der Waals surface area contributed by atoms with E-state index in [-0.39, 0.29) is 6.61 Å². The van der Waals surface area contributed by atoms with E-state index in [9.17, 15) is 9.59 Å². The van der Waals surface area contributed by atoms with Crippen molar-refractivity contribution < 1.29 is 24.2 Å². The van der Waals surface area contributed by atoms with E-state index in [4.69, 9.17) is 26.2 Å². The van der Waals surface area contributed by atoms with E-state index in [0.29, 0.717) is 10.8 Å². The van der Waals surface area contributed by atoms with Crippen molar-refractivity contribution in [3.8, 4) is 5.75 Å². The summed E-state index contributed by atoms with van der Waals surface area (Å²) in [6, 6.07) is 3.91. The molecule has 7 heteroatoms. The van der Waals surface area contributed by atoms with Crippen LogP contribution in [0.15, 0.2) is 18.2 Å². The van der Waals surface area contributed by atoms with E-state index >= 15 is 0 Å². The molecule has 2 atom stereocenters. The molecule has 0 saturated carbocycles. The molecule has 1 aromatic rings. The van der Waals surface area contributed by atoms with Crippen molar-refractivity contribution in [3.05, 3.63) is 28.8 Å². The summed E-state index contributed by atoms with van der Waals surface area (Å²) in [5.74, 6) is -1.19. The van der Waals surface area contributed by atoms with Crippen LogP contribution in [0.4, 0.5) is 0 Å². The van der Waals surface area contributed by atoms with Crippen LogP contribution in [-0.2, 0) is 14.3 Å². The first kappa shape index (κ1) is 17.3. The van der Waals surface area contributed by atoms with Gasteiger partial charge in [0.2, 0.25) is 0 Å². The lowest BCUT2D eigenvalue weighted by atomic mass is 10.2. The minimum atomic E-state index is -1.17. The van der Waals surface area contributed by atoms with Crippen LogP contribution in [0.5, 0.6) is 5.75 Å². The Balaban J connectivity index is 2.67. The molecule has 1 aromatic carbocycles. The summed E-state index contributed by atoms with van der Waals surface area (Å²) < 4.78 is 10.3. The Kier molecular flexibility index (Phi) is 6.45. The highest BCUT2D eigenvalue weighted by atomic mass is 35.5. The van der Waals surface area contributed by atoms with Gasteiger partial charge in [-0.1, -0.05) is 11.6 Å². The highest BCUT2D eigenvalue weighted by molar-refractivity contribution is 6.30. The molecule has 116 valence electrons. The summed E-state index contributed by atoms with van der Waals surface area (Å²) in [5.41, 5.74) is 0.786. The Bertz CT molecular complexity index is 520. The van der Waals surface area contributed by atoms with E-state index in [2.05, 4.69) is 5.32 Å². The second-order valence-corrected chi connectivity index (χ2v) is 4.96. The number of carboxylic acids is 1. The number of halogens is 1. The van der Waals surface area contributed by atoms with Gasteiger partial charge in [0.25, 0.3) is 5.91 Å². The number of carbonyl (C=O) groups is 2. The molecule has 1 rings (SSSR count). The molecule has 0 saturated heterocycles. The lowest BCUT2D eigenvalue weighted by Gasteiger charge is -2.19. The Labute approximate surface area is 128 Å². The SMILES string of the molecule is COCC(NC(=O)C(C)Oc1ccc(Cl)cc1C)C(=O)O. The summed E-state index contributed by atoms with van der Waals surface area (Å²) in [6.07, 6.45) is -0.844. The summed E-state index contributed by atoms with van der Waals surface area (Å²) in [4.78, 5) is 22.9. The van der Waals surface area contributed by atoms with Gasteiger partial charge in [0, 0.05) is 12.1 Å². The second kappa shape index (κ2) is 7.85. The number of amides is 1. The van der Waals surface area contributed by atoms with Crippen molar-refractivity contribution in [1.82, 2.24) is 5.32 Å². The molecule has 0 aliphatic carbocycles. The largest absolute Gasteiger partial charge is 0.481 e. The number of aryl methyl sites for hydroxylation is 1. The van der Waals surface area contributed by atoms with E-state index in [0.717, 1.165) is 5.56 Å². The predicted octanol–water partition coefficient (Wildman–Crippen LogP) is 1.63. The van der Waals surface area contributed by atoms with Gasteiger partial charge in [0.15, 0.2) is 12.1 Å². The normalized spacial score (nSPS) is 13.3. The van der Waals surface area contributed by atoms with E-state index in [1.165, 1.54) is 14.0 Å². The van der Waals surface area contributed by atoms with Gasteiger partial charge in [0.05, 0.1) is 6.61 Å². The lowest BCUT2D eigenvalue weighted by molar-refractivity contribution is -0.144. The highest BCUT2D eigenvalue weighted by Crippen LogP contribution is 2.22. The molecule has 0 bridgehead atoms. The highest BCUT2D eigenvalue weighted by Gasteiger charge is 2.24. The van der Waals surface area contributed by atoms with E-state index in [1.807, 2.05) is 0 Å². The molecule has 0 aliphatic heterocycles. The van der Waals surface area contributed by atoms with Gasteiger partial charge in [-0.3, -0.25) is 4.79 Å². The zero-order valence-electron chi connectivity index (χ0n) is 12.1. The third kappa shape index (κ3) is 5.24. The third-order valence-corrected chi connectivity index (χ3v) is 2.99. The van der Waals surface area contributed by atoms with Crippen LogP contribution in [-0.4, -0.2) is 42.8 Å². The van der Waals surface area contributed by atoms with E-state index < -0.39 is 24.0 Å². The molecule has 0 aromatic heterocycles. The molecule has 2 N–H and O–H groups in total. The van der Waals surface area contributed by atoms with Gasteiger partial charge >= 0.3 is 5.97 Å². The third-order valence-electron chi connectivity index (χ3n) is 2.76. The molecule has 0 fully saturated rings. The number of rotatable bonds is 7. The van der Waals surface area contributed by atoms with Gasteiger partial charge in [-0.15, -0.1) is 0 Å². The smallest absolute Gasteiger partial charge is 0.328 e. The molecule has 6 nitrogen and oxygen atoms in total. The standard InChI is InChI=1S/C14H18ClNO5/c1-8-6-10(15)4-5-12(8)21-9(2)13(17)16-11(7-20-3)14(18)19/h4-6,9,11H,7H2,1-3H3,(H,16,17)(H,18,19). The molecule has 0 heterocycles. The molecule has 0 spiro atoms. The predicted molar refractivity (Wildman–Crippen MR) is 77.7 cm³/mol. The average Bonchev–Trinajstić information content (AvgIpc) is 2.41. The van der Waals surface area contributed by atoms with Crippen molar-refractivity contribution in [2.75, 3.05) is 13.7 Å². The van der Waals surface area contributed by atoms with Crippen LogP contribution in [0.2, 0.25) is 5.02 Å². The number of methoxy groups -OCH3 is 1. The van der Waals surface area contributed by atoms with Crippen molar-refractivity contribution in [3.63, 3.8) is 0 Å². The van der Waals surface area contributed by atoms with Crippen molar-refractivity contribution in [1.29, 1.82) is 0 Å². The molecule has 0 radical (unpaired) electrons. The van der Waals surface area contributed by atoms with Gasteiger partial charge in [-0.2, -0.15) is 0 Å². The Hall–Kier alpha value is -1.79. The lowest BCUT2D eigenvalue weighted by Crippen LogP contribution is -2.48. The minimum absolute atomic E-state index is 0.117. The van der Waals surface area contributed by atoms with Gasteiger partial charge < -0.3 is 19.9 Å². The zero-order chi connectivity index (χ0) is 16.0. The van der Waals surface area contributed by atoms with E-state index in [1.54, 1.807) is 25.1 Å². The summed E-state index contributed by atoms with van der Waals surface area (Å²) in [6.45, 7) is 3.22. The van der Waals surface area contributed by atoms with Crippen LogP contribution in [0.25, 0.3) is 0 Å². The van der Waals surface area contributed by atoms with Crippen LogP contribution in [0.3, 0.4) is 0 Å². The maximum atomic E-state index is 11.9. The molecular weight excluding hydrogens is 298 g/mol. The Morgan fingerprint density at radius 3 is 2.62 bits per heavy atom. The number of carbonyl (C=O) groups excluding carboxylic acids is 1. The fraction of sp³-hybridized carbons (Fsp3) is 0.429. The molecule has 2 unspecified atom stereocenters. The number of carboxylic acid groups (broad SMARTS) is 1. The number of ether oxygens (including phenoxy) is 2. The average molecular weight is 316 g/mol. The first-order chi connectivity index (χ1) is 9.85. The second-order valence-electron chi connectivity index (χ2n) is 4.52. The summed E-state index contributed by atoms with van der Waals surface area (Å²) >= 11 is 5.84. The minimum Gasteiger partial charge on any atom is -0.481 e.